The van der Waals surface area contributed by atoms with Crippen molar-refractivity contribution >= 4 is 106 Å². The highest BCUT2D eigenvalue weighted by Crippen LogP contribution is 2.33. The predicted octanol–water partition coefficient (Wildman–Crippen LogP) is 2.02. The van der Waals surface area contributed by atoms with Crippen LogP contribution < -0.4 is 81.0 Å². The largest absolute Gasteiger partial charge is 0.480 e. The highest BCUT2D eigenvalue weighted by Gasteiger charge is 2.43. The maximum absolute atomic E-state index is 15.8. The van der Waals surface area contributed by atoms with Crippen LogP contribution in [0.25, 0.3) is 10.9 Å². The number of primary amides is 1. The van der Waals surface area contributed by atoms with Crippen molar-refractivity contribution in [2.75, 3.05) is 65.5 Å². The van der Waals surface area contributed by atoms with E-state index in [1.807, 2.05) is 18.2 Å². The molecule has 0 saturated carbocycles. The van der Waals surface area contributed by atoms with Gasteiger partial charge in [0.05, 0.1) is 37.8 Å². The van der Waals surface area contributed by atoms with Crippen molar-refractivity contribution in [3.05, 3.63) is 126 Å². The quantitative estimate of drug-likeness (QED) is 0.0115. The van der Waals surface area contributed by atoms with Crippen molar-refractivity contribution in [3.63, 3.8) is 0 Å². The molecule has 3 aromatic carbocycles. The number of aromatic nitrogens is 3. The average Bonchev–Trinajstić information content (AvgIpc) is 1.42. The number of para-hydroxylation sites is 1. The molecule has 2 aromatic heterocycles. The molecule has 6 rings (SSSR count). The lowest BCUT2D eigenvalue weighted by atomic mass is 9.84. The molecule has 1 fully saturated rings. The number of esters is 1. The number of H-pyrrole nitrogens is 2. The van der Waals surface area contributed by atoms with E-state index in [-0.39, 0.29) is 89.8 Å². The Morgan fingerprint density at radius 2 is 1.07 bits per heavy atom. The fraction of sp³-hybridized carbons (Fsp3) is 0.562. The fourth-order valence-corrected chi connectivity index (χ4v) is 15.2. The Kier molecular flexibility index (Phi) is 47.2. The Labute approximate surface area is 746 Å². The van der Waals surface area contributed by atoms with Crippen LogP contribution in [0, 0.1) is 10.8 Å². The molecule has 128 heavy (non-hydrogen) atoms. The Balaban J connectivity index is 1.16. The van der Waals surface area contributed by atoms with Crippen LogP contribution in [0.15, 0.2) is 104 Å². The molecule has 39 nitrogen and oxygen atoms in total. The number of aliphatic hydroxyl groups is 1. The number of carbonyl (C=O) groups is 14. The van der Waals surface area contributed by atoms with E-state index < -0.39 is 188 Å². The molecule has 0 spiro atoms. The topological polar surface area (TPSA) is 610 Å². The van der Waals surface area contributed by atoms with Gasteiger partial charge < -0.3 is 110 Å². The number of likely N-dealkylation sites (tertiary alicyclic amines) is 1. The number of guanidine groups is 2. The van der Waals surface area contributed by atoms with Gasteiger partial charge in [0.1, 0.15) is 55.4 Å². The Bertz CT molecular complexity index is 4330. The molecule has 1 aliphatic rings. The van der Waals surface area contributed by atoms with E-state index in [0.29, 0.717) is 48.9 Å². The number of hydrogen-bond acceptors (Lipinski definition) is 20. The van der Waals surface area contributed by atoms with E-state index in [9.17, 15) is 62.6 Å². The van der Waals surface area contributed by atoms with Crippen molar-refractivity contribution in [1.29, 1.82) is 10.8 Å². The monoisotopic (exact) mass is 1780 g/mol. The highest BCUT2D eigenvalue weighted by molar-refractivity contribution is 5.98. The number of fused-ring (bicyclic) bond motifs is 1. The Morgan fingerprint density at radius 3 is 1.64 bits per heavy atom. The van der Waals surface area contributed by atoms with E-state index >= 15 is 9.59 Å². The molecule has 1 aliphatic heterocycles. The van der Waals surface area contributed by atoms with Crippen molar-refractivity contribution in [1.82, 2.24) is 88.6 Å². The van der Waals surface area contributed by atoms with Gasteiger partial charge >= 0.3 is 11.9 Å². The molecule has 0 aliphatic carbocycles. The van der Waals surface area contributed by atoms with Gasteiger partial charge in [0, 0.05) is 101 Å². The Hall–Kier alpha value is -12.6. The normalized spacial score (nSPS) is 14.2. The zero-order chi connectivity index (χ0) is 93.1. The molecular formula is C89H134N22O17. The first-order valence-corrected chi connectivity index (χ1v) is 44.6. The lowest BCUT2D eigenvalue weighted by Crippen LogP contribution is -2.61. The van der Waals surface area contributed by atoms with Gasteiger partial charge in [0.15, 0.2) is 11.9 Å². The third kappa shape index (κ3) is 39.1. The SMILES string of the molecule is CCCCCCCCCCCCCCCCNC(=O)CN(CC(N)=O)C(=O)CCCCCNC(=O)C(Cc1c[nH]c2ccccc12)NC(=O)C(CCCNC(=N)N)NC(=O)C(COC(C)=O)NC(=O)C(CCCNC(=N)N)NC(=O)CC1CCCN1C(=O)C(NC(=O)C(Cc1c[nH]cn1)NC(=O)C(NC(=O)CNCC(=O)O)C(C)O)C(c1ccccc1)c1ccccc1. The van der Waals surface area contributed by atoms with Crippen molar-refractivity contribution in [2.45, 2.75) is 254 Å². The number of rotatable bonds is 63. The third-order valence-corrected chi connectivity index (χ3v) is 21.9. The van der Waals surface area contributed by atoms with Crippen LogP contribution in [0.5, 0.6) is 0 Å². The maximum atomic E-state index is 15.8. The van der Waals surface area contributed by atoms with E-state index in [0.717, 1.165) is 48.4 Å². The number of ether oxygens (including phenoxy) is 1. The molecule has 24 N–H and O–H groups in total. The van der Waals surface area contributed by atoms with E-state index in [1.54, 1.807) is 72.9 Å². The zero-order valence-electron chi connectivity index (χ0n) is 73.8. The van der Waals surface area contributed by atoms with Crippen LogP contribution in [0.2, 0.25) is 0 Å². The number of nitrogens with zero attached hydrogens (tertiary/aromatic N) is 3. The van der Waals surface area contributed by atoms with E-state index in [1.165, 1.54) is 88.6 Å². The number of hydrogen-bond donors (Lipinski definition) is 21. The number of aliphatic carboxylic acids is 1. The van der Waals surface area contributed by atoms with Crippen LogP contribution in [0.1, 0.15) is 210 Å². The summed E-state index contributed by atoms with van der Waals surface area (Å²) in [6.45, 7) is 2.40. The number of carboxylic acid groups (broad SMARTS) is 1. The van der Waals surface area contributed by atoms with Crippen molar-refractivity contribution in [2.24, 2.45) is 17.2 Å². The molecule has 702 valence electrons. The molecule has 9 atom stereocenters. The van der Waals surface area contributed by atoms with Crippen LogP contribution in [0.3, 0.4) is 0 Å². The molecule has 39 heteroatoms. The first-order chi connectivity index (χ1) is 61.5. The number of aliphatic hydroxyl groups excluding tert-OH is 1. The van der Waals surface area contributed by atoms with Gasteiger partial charge in [-0.3, -0.25) is 83.3 Å². The number of nitrogens with one attached hydrogen (secondary N) is 16. The first-order valence-electron chi connectivity index (χ1n) is 44.6. The first kappa shape index (κ1) is 104. The lowest BCUT2D eigenvalue weighted by Gasteiger charge is -2.35. The summed E-state index contributed by atoms with van der Waals surface area (Å²) in [5, 5.41) is 68.3. The summed E-state index contributed by atoms with van der Waals surface area (Å²) in [6.07, 6.45) is 20.4. The summed E-state index contributed by atoms with van der Waals surface area (Å²) in [5.74, 6) is -13.3. The zero-order valence-corrected chi connectivity index (χ0v) is 73.8. The summed E-state index contributed by atoms with van der Waals surface area (Å²) in [7, 11) is 0. The van der Waals surface area contributed by atoms with Crippen LogP contribution in [-0.2, 0) is 84.7 Å². The summed E-state index contributed by atoms with van der Waals surface area (Å²) in [5.41, 5.74) is 19.5. The Morgan fingerprint density at radius 1 is 0.547 bits per heavy atom. The summed E-state index contributed by atoms with van der Waals surface area (Å²) < 4.78 is 5.33. The number of carbonyl (C=O) groups excluding carboxylic acids is 13. The number of amides is 12. The highest BCUT2D eigenvalue weighted by atomic mass is 16.5. The van der Waals surface area contributed by atoms with Crippen molar-refractivity contribution < 1.29 is 82.1 Å². The summed E-state index contributed by atoms with van der Waals surface area (Å²) in [6, 6.07) is 13.1. The molecule has 1 saturated heterocycles. The van der Waals surface area contributed by atoms with Crippen molar-refractivity contribution in [3.8, 4) is 0 Å². The maximum Gasteiger partial charge on any atom is 0.317 e. The van der Waals surface area contributed by atoms with Crippen LogP contribution >= 0.6 is 0 Å². The fourth-order valence-electron chi connectivity index (χ4n) is 15.2. The van der Waals surface area contributed by atoms with E-state index in [4.69, 9.17) is 37.9 Å². The molecule has 12 amide bonds. The minimum atomic E-state index is -1.78. The van der Waals surface area contributed by atoms with Gasteiger partial charge in [0.2, 0.25) is 70.9 Å². The number of carboxylic acids is 1. The average molecular weight is 1780 g/mol. The van der Waals surface area contributed by atoms with Gasteiger partial charge in [-0.25, -0.2) is 4.98 Å². The summed E-state index contributed by atoms with van der Waals surface area (Å²) in [4.78, 5) is 207. The number of nitrogens with two attached hydrogens (primary N) is 3. The molecule has 5 aromatic rings. The van der Waals surface area contributed by atoms with Gasteiger partial charge in [0.25, 0.3) is 0 Å². The predicted molar refractivity (Wildman–Crippen MR) is 480 cm³/mol. The minimum Gasteiger partial charge on any atom is -0.480 e. The number of unbranched alkanes of at least 4 members (excludes halogenated alkanes) is 15. The smallest absolute Gasteiger partial charge is 0.317 e. The van der Waals surface area contributed by atoms with Gasteiger partial charge in [-0.15, -0.1) is 0 Å². The molecule has 3 heterocycles. The number of benzene rings is 3. The molecule has 0 radical (unpaired) electrons. The lowest BCUT2D eigenvalue weighted by molar-refractivity contribution is -0.145. The summed E-state index contributed by atoms with van der Waals surface area (Å²) >= 11 is 0. The van der Waals surface area contributed by atoms with E-state index in [2.05, 4.69) is 85.7 Å². The van der Waals surface area contributed by atoms with Gasteiger partial charge in [-0.2, -0.15) is 0 Å². The standard InChI is InChI=1S/C89H134N22O17/c1-4-5-6-7-8-9-10-11-12-13-14-15-16-27-42-97-75(117)55-110(54-72(90)114)76(118)41-24-19-28-43-98-81(121)69(47-62-50-101-66-38-26-25-37-65(62)66)105-83(123)68(40-30-45-100-89(93)94)104-85(125)71(56-128-59(3)113)107-82(122)67(39-29-44-99-88(91)92)103-73(115)49-64-36-31-46-111(64)87(127)80(78(60-32-20-17-21-33-60)61-34-22-18-23-35-61)109-84(124)70(48-63-51-96-57-102-63)106-86(126)79(58(2)112)108-74(116)52-95-53-77(119)120/h17-18,20-23,25-26,32-35,37-38,50-51,57-58,64,67-71,78-80,95,101,112H,4-16,19,24,27-31,36,39-49,52-56H2,1-3H3,(H2,90,114)(H,96,102)(H,97,117)(H,98,121)(H,103,115)(H,104,125)(H,105,123)(H,106,126)(H,107,122)(H,108,116)(H,109,124)(H,119,120)(H4,91,92,99)(H4,93,94,100). The second kappa shape index (κ2) is 57.9. The third-order valence-electron chi connectivity index (χ3n) is 21.9. The molecular weight excluding hydrogens is 1650 g/mol. The molecule has 9 unspecified atom stereocenters. The second-order valence-electron chi connectivity index (χ2n) is 32.3. The van der Waals surface area contributed by atoms with Gasteiger partial charge in [-0.1, -0.05) is 176 Å². The number of aromatic amines is 2. The van der Waals surface area contributed by atoms with Crippen LogP contribution in [-0.4, -0.2) is 250 Å². The van der Waals surface area contributed by atoms with Crippen LogP contribution in [0.4, 0.5) is 0 Å². The van der Waals surface area contributed by atoms with Gasteiger partial charge in [-0.05, 0) is 87.5 Å². The minimum absolute atomic E-state index is 0.0195. The number of imidazole rings is 1. The second-order valence-corrected chi connectivity index (χ2v) is 32.3. The molecule has 0 bridgehead atoms.